The second-order valence-corrected chi connectivity index (χ2v) is 6.55. The zero-order valence-corrected chi connectivity index (χ0v) is 15.6. The second-order valence-electron chi connectivity index (χ2n) is 5.49. The van der Waals surface area contributed by atoms with Gasteiger partial charge in [-0.3, -0.25) is 4.79 Å². The molecule has 1 aliphatic heterocycles. The number of nitrogens with zero attached hydrogens (tertiary/aromatic N) is 2. The predicted octanol–water partition coefficient (Wildman–Crippen LogP) is 3.25. The minimum atomic E-state index is 0.0201. The largest absolute Gasteiger partial charge is 0.497 e. The fourth-order valence-electron chi connectivity index (χ4n) is 2.67. The minimum absolute atomic E-state index is 0.0201. The predicted molar refractivity (Wildman–Crippen MR) is 102 cm³/mol. The minimum Gasteiger partial charge on any atom is -0.497 e. The van der Waals surface area contributed by atoms with Crippen LogP contribution in [0.4, 0.5) is 5.69 Å². The molecule has 0 atom stereocenters. The fraction of sp³-hybridized carbons (Fsp3) is 0.278. The van der Waals surface area contributed by atoms with E-state index in [9.17, 15) is 4.79 Å². The number of amides is 1. The zero-order valence-electron chi connectivity index (χ0n) is 13.4. The number of methoxy groups -OCH3 is 1. The third kappa shape index (κ3) is 4.11. The van der Waals surface area contributed by atoms with E-state index in [0.717, 1.165) is 28.3 Å². The van der Waals surface area contributed by atoms with E-state index in [-0.39, 0.29) is 5.91 Å². The normalized spacial score (nSPS) is 15.1. The van der Waals surface area contributed by atoms with Gasteiger partial charge in [0, 0.05) is 44.0 Å². The maximum Gasteiger partial charge on any atom is 0.246 e. The van der Waals surface area contributed by atoms with E-state index in [4.69, 9.17) is 9.15 Å². The molecule has 1 aromatic carbocycles. The first-order valence-electron chi connectivity index (χ1n) is 7.77. The Morgan fingerprint density at radius 2 is 2.00 bits per heavy atom. The lowest BCUT2D eigenvalue weighted by Gasteiger charge is -2.35. The van der Waals surface area contributed by atoms with Gasteiger partial charge in [-0.2, -0.15) is 0 Å². The number of hydrogen-bond acceptors (Lipinski definition) is 4. The van der Waals surface area contributed by atoms with Crippen LogP contribution in [0.2, 0.25) is 0 Å². The Labute approximate surface area is 155 Å². The van der Waals surface area contributed by atoms with Gasteiger partial charge >= 0.3 is 0 Å². The zero-order chi connectivity index (χ0) is 16.9. The molecule has 1 amide bonds. The van der Waals surface area contributed by atoms with Gasteiger partial charge in [0.2, 0.25) is 5.91 Å². The van der Waals surface area contributed by atoms with Crippen molar-refractivity contribution in [1.82, 2.24) is 4.90 Å². The number of ether oxygens (including phenoxy) is 1. The maximum atomic E-state index is 12.3. The molecule has 0 saturated carbocycles. The average molecular weight is 438 g/mol. The quantitative estimate of drug-likeness (QED) is 0.543. The number of carbonyl (C=O) groups excluding carboxylic acids is 1. The van der Waals surface area contributed by atoms with E-state index >= 15 is 0 Å². The molecule has 2 aromatic rings. The molecule has 0 aliphatic carbocycles. The molecule has 6 heteroatoms. The SMILES string of the molecule is COc1cccc(N2CCN(C(=O)/C=C/c3ccc(I)o3)CC2)c1. The maximum absolute atomic E-state index is 12.3. The second kappa shape index (κ2) is 7.74. The first-order valence-corrected chi connectivity index (χ1v) is 8.85. The molecule has 1 fully saturated rings. The molecule has 0 radical (unpaired) electrons. The molecule has 5 nitrogen and oxygen atoms in total. The molecule has 3 rings (SSSR count). The number of benzene rings is 1. The summed E-state index contributed by atoms with van der Waals surface area (Å²) < 4.78 is 11.5. The Balaban J connectivity index is 1.56. The summed E-state index contributed by atoms with van der Waals surface area (Å²) in [4.78, 5) is 16.4. The van der Waals surface area contributed by atoms with Gasteiger partial charge in [0.25, 0.3) is 0 Å². The Morgan fingerprint density at radius 1 is 1.21 bits per heavy atom. The van der Waals surface area contributed by atoms with Crippen LogP contribution >= 0.6 is 22.6 Å². The number of hydrogen-bond donors (Lipinski definition) is 0. The van der Waals surface area contributed by atoms with Crippen LogP contribution in [0.25, 0.3) is 6.08 Å². The summed E-state index contributed by atoms with van der Waals surface area (Å²) in [6.45, 7) is 3.03. The molecule has 2 heterocycles. The lowest BCUT2D eigenvalue weighted by atomic mass is 10.2. The molecule has 24 heavy (non-hydrogen) atoms. The van der Waals surface area contributed by atoms with Crippen LogP contribution in [0.15, 0.2) is 46.9 Å². The van der Waals surface area contributed by atoms with Crippen molar-refractivity contribution in [3.05, 3.63) is 52.0 Å². The van der Waals surface area contributed by atoms with Gasteiger partial charge < -0.3 is 19.0 Å². The van der Waals surface area contributed by atoms with Crippen LogP contribution < -0.4 is 9.64 Å². The third-order valence-corrected chi connectivity index (χ3v) is 4.57. The average Bonchev–Trinajstić information content (AvgIpc) is 3.05. The number of rotatable bonds is 4. The summed E-state index contributed by atoms with van der Waals surface area (Å²) >= 11 is 2.10. The van der Waals surface area contributed by atoms with Crippen molar-refractivity contribution < 1.29 is 13.9 Å². The van der Waals surface area contributed by atoms with Crippen LogP contribution in [0.1, 0.15) is 5.76 Å². The Kier molecular flexibility index (Phi) is 5.44. The van der Waals surface area contributed by atoms with E-state index in [1.807, 2.05) is 35.2 Å². The smallest absolute Gasteiger partial charge is 0.246 e. The molecule has 0 bridgehead atoms. The van der Waals surface area contributed by atoms with Crippen LogP contribution in [0, 0.1) is 3.77 Å². The van der Waals surface area contributed by atoms with E-state index in [2.05, 4.69) is 33.6 Å². The van der Waals surface area contributed by atoms with Crippen LogP contribution in [-0.2, 0) is 4.79 Å². The number of anilines is 1. The van der Waals surface area contributed by atoms with E-state index in [1.54, 1.807) is 19.3 Å². The molecular weight excluding hydrogens is 419 g/mol. The van der Waals surface area contributed by atoms with Crippen molar-refractivity contribution >= 4 is 40.3 Å². The Morgan fingerprint density at radius 3 is 2.67 bits per heavy atom. The Hall–Kier alpha value is -1.96. The highest BCUT2D eigenvalue weighted by Crippen LogP contribution is 2.22. The van der Waals surface area contributed by atoms with Crippen molar-refractivity contribution in [3.8, 4) is 5.75 Å². The van der Waals surface area contributed by atoms with Gasteiger partial charge in [-0.15, -0.1) is 0 Å². The first kappa shape index (κ1) is 16.9. The van der Waals surface area contributed by atoms with Gasteiger partial charge in [-0.25, -0.2) is 0 Å². The van der Waals surface area contributed by atoms with Crippen LogP contribution in [-0.4, -0.2) is 44.1 Å². The third-order valence-electron chi connectivity index (χ3n) is 3.99. The monoisotopic (exact) mass is 438 g/mol. The fourth-order valence-corrected chi connectivity index (χ4v) is 3.10. The highest BCUT2D eigenvalue weighted by Gasteiger charge is 2.20. The number of furan rings is 1. The summed E-state index contributed by atoms with van der Waals surface area (Å²) in [7, 11) is 1.67. The number of piperazine rings is 1. The molecule has 1 aliphatic rings. The van der Waals surface area contributed by atoms with Crippen LogP contribution in [0.3, 0.4) is 0 Å². The van der Waals surface area contributed by atoms with Crippen LogP contribution in [0.5, 0.6) is 5.75 Å². The van der Waals surface area contributed by atoms with Crippen molar-refractivity contribution in [3.63, 3.8) is 0 Å². The van der Waals surface area contributed by atoms with E-state index < -0.39 is 0 Å². The molecule has 126 valence electrons. The summed E-state index contributed by atoms with van der Waals surface area (Å²) in [6, 6.07) is 11.7. The summed E-state index contributed by atoms with van der Waals surface area (Å²) in [5.74, 6) is 1.57. The number of halogens is 1. The van der Waals surface area contributed by atoms with E-state index in [0.29, 0.717) is 18.8 Å². The first-order chi connectivity index (χ1) is 11.7. The molecule has 1 aromatic heterocycles. The van der Waals surface area contributed by atoms with Gasteiger partial charge in [0.15, 0.2) is 3.77 Å². The van der Waals surface area contributed by atoms with Crippen molar-refractivity contribution in [2.75, 3.05) is 38.2 Å². The van der Waals surface area contributed by atoms with E-state index in [1.165, 1.54) is 0 Å². The van der Waals surface area contributed by atoms with Crippen molar-refractivity contribution in [2.45, 2.75) is 0 Å². The topological polar surface area (TPSA) is 45.9 Å². The van der Waals surface area contributed by atoms with Crippen molar-refractivity contribution in [2.24, 2.45) is 0 Å². The molecule has 0 unspecified atom stereocenters. The Bertz CT molecular complexity index is 733. The highest BCUT2D eigenvalue weighted by atomic mass is 127. The summed E-state index contributed by atoms with van der Waals surface area (Å²) in [6.07, 6.45) is 3.30. The lowest BCUT2D eigenvalue weighted by Crippen LogP contribution is -2.48. The van der Waals surface area contributed by atoms with Gasteiger partial charge in [-0.1, -0.05) is 6.07 Å². The standard InChI is InChI=1S/C18H19IN2O3/c1-23-16-4-2-3-14(13-16)20-9-11-21(12-10-20)18(22)8-6-15-5-7-17(19)24-15/h2-8,13H,9-12H2,1H3/b8-6+. The summed E-state index contributed by atoms with van der Waals surface area (Å²) in [5, 5.41) is 0. The molecule has 0 spiro atoms. The lowest BCUT2D eigenvalue weighted by molar-refractivity contribution is -0.126. The van der Waals surface area contributed by atoms with Gasteiger partial charge in [0.1, 0.15) is 11.5 Å². The molecule has 1 saturated heterocycles. The highest BCUT2D eigenvalue weighted by molar-refractivity contribution is 14.1. The summed E-state index contributed by atoms with van der Waals surface area (Å²) in [5.41, 5.74) is 1.13. The number of carbonyl (C=O) groups is 1. The van der Waals surface area contributed by atoms with Crippen molar-refractivity contribution in [1.29, 1.82) is 0 Å². The molecular formula is C18H19IN2O3. The molecule has 0 N–H and O–H groups in total. The van der Waals surface area contributed by atoms with Gasteiger partial charge in [-0.05, 0) is 52.9 Å². The van der Waals surface area contributed by atoms with Gasteiger partial charge in [0.05, 0.1) is 7.11 Å².